The highest BCUT2D eigenvalue weighted by Crippen LogP contribution is 2.58. The predicted octanol–water partition coefficient (Wildman–Crippen LogP) is 20.9. The van der Waals surface area contributed by atoms with Gasteiger partial charge in [-0.25, -0.2) is 35.1 Å². The van der Waals surface area contributed by atoms with Gasteiger partial charge in [0.05, 0.1) is 0 Å². The molecule has 17 heteroatoms. The summed E-state index contributed by atoms with van der Waals surface area (Å²) in [5.41, 5.74) is 10.1. The number of nitrogens with zero attached hydrogens (tertiary/aromatic N) is 4. The molecule has 113 heavy (non-hydrogen) atoms. The van der Waals surface area contributed by atoms with Crippen LogP contribution in [0.3, 0.4) is 0 Å². The van der Waals surface area contributed by atoms with Crippen molar-refractivity contribution in [3.63, 3.8) is 0 Å². The first-order valence-electron chi connectivity index (χ1n) is 41.7. The van der Waals surface area contributed by atoms with Gasteiger partial charge in [0.25, 0.3) is 20.1 Å². The Hall–Kier alpha value is -10.1. The van der Waals surface area contributed by atoms with Crippen LogP contribution in [-0.4, -0.2) is 20.1 Å². The molecule has 6 nitrogen and oxygen atoms in total. The highest BCUT2D eigenvalue weighted by molar-refractivity contribution is 7.04. The van der Waals surface area contributed by atoms with Crippen molar-refractivity contribution in [1.82, 2.24) is 0 Å². The summed E-state index contributed by atoms with van der Waals surface area (Å²) in [6, 6.07) is 51.7. The van der Waals surface area contributed by atoms with Gasteiger partial charge < -0.3 is 29.1 Å². The molecular formula is C96H81B3F8N4O2. The summed E-state index contributed by atoms with van der Waals surface area (Å²) < 4.78 is 159. The Morgan fingerprint density at radius 2 is 0.496 bits per heavy atom. The summed E-state index contributed by atoms with van der Waals surface area (Å²) in [5.74, 6) is -1.46. The van der Waals surface area contributed by atoms with Gasteiger partial charge in [0.1, 0.15) is 92.3 Å². The van der Waals surface area contributed by atoms with Crippen LogP contribution in [0.5, 0.6) is 23.0 Å². The van der Waals surface area contributed by atoms with Crippen molar-refractivity contribution in [2.75, 3.05) is 19.6 Å². The lowest BCUT2D eigenvalue weighted by atomic mass is 9.29. The highest BCUT2D eigenvalue weighted by Gasteiger charge is 2.54. The smallest absolute Gasteiger partial charge is 0.256 e. The van der Waals surface area contributed by atoms with Crippen molar-refractivity contribution < 1.29 is 44.6 Å². The fraction of sp³-hybridized carbons (Fsp3) is 0.312. The van der Waals surface area contributed by atoms with Crippen LogP contribution in [0.25, 0.3) is 0 Å². The molecule has 0 saturated heterocycles. The molecule has 6 aliphatic heterocycles. The van der Waals surface area contributed by atoms with Gasteiger partial charge >= 0.3 is 0 Å². The van der Waals surface area contributed by atoms with E-state index in [-0.39, 0.29) is 29.1 Å². The summed E-state index contributed by atoms with van der Waals surface area (Å²) in [6.45, 7) is -2.33. The number of hydrogen-bond acceptors (Lipinski definition) is 6. The maximum atomic E-state index is 18.3. The van der Waals surface area contributed by atoms with E-state index < -0.39 is 78.1 Å². The van der Waals surface area contributed by atoms with Crippen LogP contribution in [0.1, 0.15) is 169 Å². The fourth-order valence-corrected chi connectivity index (χ4v) is 24.5. The van der Waals surface area contributed by atoms with Gasteiger partial charge in [-0.15, -0.1) is 0 Å². The van der Waals surface area contributed by atoms with Gasteiger partial charge in [0.15, 0.2) is 0 Å². The minimum absolute atomic E-state index is 0.111. The van der Waals surface area contributed by atoms with E-state index >= 15 is 35.1 Å². The zero-order valence-electron chi connectivity index (χ0n) is 62.7. The lowest BCUT2D eigenvalue weighted by molar-refractivity contribution is 0.367. The molecule has 12 aliphatic rings. The molecule has 0 amide bonds. The van der Waals surface area contributed by atoms with Crippen molar-refractivity contribution in [2.45, 2.75) is 153 Å². The van der Waals surface area contributed by atoms with E-state index in [1.807, 2.05) is 60.7 Å². The van der Waals surface area contributed by atoms with Crippen LogP contribution in [0, 0.1) is 82.0 Å². The van der Waals surface area contributed by atoms with Crippen molar-refractivity contribution in [3.05, 3.63) is 245 Å². The Labute approximate surface area is 654 Å². The number of halogens is 8. The molecule has 23 rings (SSSR count). The third kappa shape index (κ3) is 10.4. The second-order valence-electron chi connectivity index (χ2n) is 35.0. The molecule has 0 bridgehead atoms. The third-order valence-electron chi connectivity index (χ3n) is 29.3. The summed E-state index contributed by atoms with van der Waals surface area (Å²) in [7, 11) is 0. The van der Waals surface area contributed by atoms with Gasteiger partial charge in [-0.3, -0.25) is 0 Å². The molecule has 11 aromatic carbocycles. The molecule has 6 aliphatic carbocycles. The second-order valence-corrected chi connectivity index (χ2v) is 35.0. The minimum atomic E-state index is -0.986. The van der Waals surface area contributed by atoms with Gasteiger partial charge in [-0.05, 0) is 267 Å². The van der Waals surface area contributed by atoms with Gasteiger partial charge in [0.2, 0.25) is 0 Å². The molecule has 6 unspecified atom stereocenters. The number of hydrogen-bond donors (Lipinski definition) is 0. The van der Waals surface area contributed by atoms with E-state index in [4.69, 9.17) is 9.47 Å². The van der Waals surface area contributed by atoms with Gasteiger partial charge in [0, 0.05) is 45.5 Å². The van der Waals surface area contributed by atoms with Crippen LogP contribution >= 0.6 is 0 Å². The maximum absolute atomic E-state index is 18.3. The number of para-hydroxylation sites is 6. The van der Waals surface area contributed by atoms with E-state index in [9.17, 15) is 0 Å². The Bertz CT molecular complexity index is 5400. The number of benzene rings is 11. The first-order chi connectivity index (χ1) is 55.3. The van der Waals surface area contributed by atoms with Crippen LogP contribution in [-0.2, 0) is 0 Å². The molecule has 6 fully saturated rings. The first kappa shape index (κ1) is 68.5. The van der Waals surface area contributed by atoms with Crippen molar-refractivity contribution in [1.29, 1.82) is 0 Å². The summed E-state index contributed by atoms with van der Waals surface area (Å²) in [5, 5.41) is 0. The second kappa shape index (κ2) is 26.2. The molecule has 6 heterocycles. The molecular weight excluding hydrogens is 1430 g/mol. The van der Waals surface area contributed by atoms with Crippen molar-refractivity contribution in [2.24, 2.45) is 35.5 Å². The molecule has 6 saturated carbocycles. The normalized spacial score (nSPS) is 23.6. The third-order valence-corrected chi connectivity index (χ3v) is 29.3. The highest BCUT2D eigenvalue weighted by atomic mass is 19.2. The molecule has 0 radical (unpaired) electrons. The number of rotatable bonds is 7. The first-order valence-corrected chi connectivity index (χ1v) is 41.7. The summed E-state index contributed by atoms with van der Waals surface area (Å²) in [6.07, 6.45) is 22.7. The quantitative estimate of drug-likeness (QED) is 0.117. The number of fused-ring (bicyclic) bond motifs is 15. The average Bonchev–Trinajstić information content (AvgIpc) is 0.698. The molecule has 6 atom stereocenters. The van der Waals surface area contributed by atoms with Crippen molar-refractivity contribution in [3.8, 4) is 23.0 Å². The standard InChI is InChI=1S/C96H81B3F8N4O2/c100-70-26-14-27-71(101)93(70)108-80-50-78-66(97-64-24-10-12-34-86(64)112-88-46-62(59-38-54-20-6-2-7-21-55(54)39-59)44-84(91(88)97)110(78)95-74(104)30-16-31-75(95)105)48-68(80)99-69-49-67-79(51-81(69)109(94-72(102)28-15-29-73(94)103)83-43-61(42-82(108)90(83)99)58-36-52-18-4-1-5-19-53(52)37-58)111(96-76(106)32-17-33-77(96)107)85-45-63(60-40-56-22-8-3-9-23-57(56)41-60)47-89-92(85)98(67)65-25-11-13-35-87(65)113-89/h10-17,24-35,42-60H,1-9,18-23,36-41H2. The molecule has 11 aromatic rings. The average molecular weight is 1510 g/mol. The number of anilines is 12. The van der Waals surface area contributed by atoms with E-state index in [0.29, 0.717) is 142 Å². The maximum Gasteiger partial charge on any atom is 0.256 e. The van der Waals surface area contributed by atoms with Gasteiger partial charge in [-0.2, -0.15) is 0 Å². The largest absolute Gasteiger partial charge is 0.458 e. The van der Waals surface area contributed by atoms with Crippen LogP contribution in [0.4, 0.5) is 103 Å². The number of ether oxygens (including phenoxy) is 2. The summed E-state index contributed by atoms with van der Waals surface area (Å²) >= 11 is 0. The Morgan fingerprint density at radius 1 is 0.239 bits per heavy atom. The van der Waals surface area contributed by atoms with E-state index in [2.05, 4.69) is 48.5 Å². The van der Waals surface area contributed by atoms with Crippen LogP contribution < -0.4 is 78.2 Å². The van der Waals surface area contributed by atoms with E-state index in [1.54, 1.807) is 19.6 Å². The SMILES string of the molecule is Fc1cccc(F)c1N1c2cc3c(cc2B2c4ccccc4Oc4cc(C5CC6CCCCCC6C5)cc1c42)B1c2cc4c(cc2N(c2c(F)cccc2F)c2cc(C5CC6CCCCCC6C5)cc(c21)N3c1c(F)cccc1F)N(c1c(F)cccc1F)c1cc(C2CC3CCCCCC3C2)cc2c1B4c1ccccc1O2. The van der Waals surface area contributed by atoms with Crippen LogP contribution in [0.15, 0.2) is 182 Å². The van der Waals surface area contributed by atoms with Gasteiger partial charge in [-0.1, -0.05) is 169 Å². The Morgan fingerprint density at radius 3 is 0.788 bits per heavy atom. The monoisotopic (exact) mass is 1510 g/mol. The molecule has 0 spiro atoms. The Kier molecular flexibility index (Phi) is 15.9. The van der Waals surface area contributed by atoms with E-state index in [0.717, 1.165) is 124 Å². The predicted molar refractivity (Wildman–Crippen MR) is 438 cm³/mol. The van der Waals surface area contributed by atoms with E-state index in [1.165, 1.54) is 111 Å². The zero-order valence-corrected chi connectivity index (χ0v) is 62.7. The Balaban J connectivity index is 0.837. The zero-order chi connectivity index (χ0) is 75.5. The molecule has 562 valence electrons. The minimum Gasteiger partial charge on any atom is -0.458 e. The fourth-order valence-electron chi connectivity index (χ4n) is 24.5. The van der Waals surface area contributed by atoms with Crippen molar-refractivity contribution >= 4 is 138 Å². The lowest BCUT2D eigenvalue weighted by Gasteiger charge is -2.47. The van der Waals surface area contributed by atoms with Crippen LogP contribution in [0.2, 0.25) is 0 Å². The lowest BCUT2D eigenvalue weighted by Crippen LogP contribution is -2.66. The topological polar surface area (TPSA) is 31.4 Å². The summed E-state index contributed by atoms with van der Waals surface area (Å²) in [4.78, 5) is 6.65. The molecule has 0 aromatic heterocycles. The molecule has 0 N–H and O–H groups in total.